The molecule has 0 aliphatic carbocycles. The molecule has 2 atom stereocenters. The quantitative estimate of drug-likeness (QED) is 0.0193. The summed E-state index contributed by atoms with van der Waals surface area (Å²) in [6, 6.07) is 0. The summed E-state index contributed by atoms with van der Waals surface area (Å²) in [4.78, 5) is 0. The molecule has 65 heavy (non-hydrogen) atoms. The molecule has 0 aromatic carbocycles. The number of hydrogen-bond acceptors (Lipinski definition) is 8. The number of unbranched alkanes of at least 4 members (excludes halogenated alkanes) is 36. The van der Waals surface area contributed by atoms with E-state index in [4.69, 9.17) is 0 Å². The fourth-order valence-electron chi connectivity index (χ4n) is 8.32. The van der Waals surface area contributed by atoms with Gasteiger partial charge in [0.05, 0.1) is 13.2 Å². The Morgan fingerprint density at radius 1 is 0.338 bits per heavy atom. The van der Waals surface area contributed by atoms with Crippen molar-refractivity contribution in [1.29, 1.82) is 0 Å². The van der Waals surface area contributed by atoms with Gasteiger partial charge in [0.15, 0.2) is 0 Å². The van der Waals surface area contributed by atoms with Gasteiger partial charge in [-0.2, -0.15) is 0 Å². The molecule has 0 aliphatic heterocycles. The summed E-state index contributed by atoms with van der Waals surface area (Å²) < 4.78 is 73.8. The van der Waals surface area contributed by atoms with Gasteiger partial charge in [-0.05, 0) is 38.5 Å². The third-order valence-corrected chi connectivity index (χ3v) is 13.3. The van der Waals surface area contributed by atoms with Gasteiger partial charge < -0.3 is 9.11 Å². The van der Waals surface area contributed by atoms with Crippen molar-refractivity contribution in [2.75, 3.05) is 13.2 Å². The number of hydrogen-bond donors (Lipinski definition) is 0. The largest absolute Gasteiger partial charge is 2.00 e. The predicted molar refractivity (Wildman–Crippen MR) is 279 cm³/mol. The smallest absolute Gasteiger partial charge is 0.726 e. The Morgan fingerprint density at radius 2 is 0.538 bits per heavy atom. The molecule has 0 fully saturated rings. The van der Waals surface area contributed by atoms with Gasteiger partial charge in [-0.1, -0.05) is 283 Å². The maximum absolute atomic E-state index is 10.8. The molecule has 0 amide bonds. The summed E-state index contributed by atoms with van der Waals surface area (Å²) in [5, 5.41) is 0. The van der Waals surface area contributed by atoms with Gasteiger partial charge in [0.1, 0.15) is 0 Å². The van der Waals surface area contributed by atoms with Crippen LogP contribution in [0.1, 0.15) is 297 Å². The van der Waals surface area contributed by atoms with Crippen LogP contribution in [-0.2, 0) is 29.2 Å². The minimum Gasteiger partial charge on any atom is -0.726 e. The normalized spacial score (nSPS) is 13.0. The fourth-order valence-corrected chi connectivity index (χ4v) is 9.01. The molecule has 384 valence electrons. The first-order chi connectivity index (χ1) is 31.0. The van der Waals surface area contributed by atoms with Crippen LogP contribution < -0.4 is 0 Å². The van der Waals surface area contributed by atoms with E-state index in [0.717, 1.165) is 51.4 Å². The van der Waals surface area contributed by atoms with E-state index in [1.165, 1.54) is 218 Å². The number of allylic oxidation sites excluding steroid dienone is 2. The Balaban J connectivity index is -0.00000116. The molecule has 0 spiro atoms. The first-order valence-corrected chi connectivity index (χ1v) is 30.2. The monoisotopic (exact) mass is 987 g/mol. The van der Waals surface area contributed by atoms with Crippen LogP contribution in [0.2, 0.25) is 0 Å². The molecule has 11 heteroatoms. The molecule has 0 saturated heterocycles. The molecule has 0 heterocycles. The van der Waals surface area contributed by atoms with E-state index >= 15 is 0 Å². The molecule has 0 rings (SSSR count). The Hall–Kier alpha value is 0.480. The van der Waals surface area contributed by atoms with E-state index in [0.29, 0.717) is 0 Å². The SMILES string of the molecule is CCCCCC/C=C/C(CCCCCCCCCCCCCCCCC)COS(=O)(=O)[O-].CCCCCC/C=C/C(CCCCCCCCCCCCCCCCC)COS(=O)(=O)[O-].[Ca+2]. The molecular formula is C54H106CaO8S2. The maximum atomic E-state index is 10.8. The molecule has 0 aromatic rings. The summed E-state index contributed by atoms with van der Waals surface area (Å²) in [5.41, 5.74) is 0. The van der Waals surface area contributed by atoms with Crippen LogP contribution in [0, 0.1) is 11.8 Å². The van der Waals surface area contributed by atoms with E-state index in [2.05, 4.69) is 60.4 Å². The van der Waals surface area contributed by atoms with Gasteiger partial charge in [0, 0.05) is 11.8 Å². The van der Waals surface area contributed by atoms with Crippen LogP contribution in [0.25, 0.3) is 0 Å². The standard InChI is InChI=1S/2C27H54O4S.Ca/c2*1-3-5-7-9-11-12-13-14-15-16-17-18-19-21-23-25-27(26-31-32(28,29)30)24-22-20-10-8-6-4-2;/h2*22,24,27H,3-21,23,25-26H2,1-2H3,(H,28,29,30);/q;;+2/p-2/b2*24-22+;. The summed E-state index contributed by atoms with van der Waals surface area (Å²) in [6.45, 7) is 8.90. The Morgan fingerprint density at radius 3 is 0.754 bits per heavy atom. The van der Waals surface area contributed by atoms with E-state index < -0.39 is 20.8 Å². The first kappa shape index (κ1) is 69.7. The zero-order valence-corrected chi connectivity index (χ0v) is 47.2. The Labute approximate surface area is 436 Å². The van der Waals surface area contributed by atoms with Crippen LogP contribution in [0.15, 0.2) is 24.3 Å². The van der Waals surface area contributed by atoms with E-state index in [-0.39, 0.29) is 62.8 Å². The summed E-state index contributed by atoms with van der Waals surface area (Å²) in [5.74, 6) is 0.0405. The van der Waals surface area contributed by atoms with Crippen LogP contribution >= 0.6 is 0 Å². The second kappa shape index (κ2) is 55.4. The molecule has 0 aromatic heterocycles. The fraction of sp³-hybridized carbons (Fsp3) is 0.926. The third-order valence-electron chi connectivity index (χ3n) is 12.5. The zero-order valence-electron chi connectivity index (χ0n) is 43.4. The Bertz CT molecular complexity index is 1100. The summed E-state index contributed by atoms with van der Waals surface area (Å²) >= 11 is 0. The third kappa shape index (κ3) is 64.5. The molecule has 0 bridgehead atoms. The molecule has 0 saturated carbocycles. The van der Waals surface area contributed by atoms with Crippen molar-refractivity contribution in [2.24, 2.45) is 11.8 Å². The molecular weight excluding hydrogens is 881 g/mol. The minimum absolute atomic E-state index is 0. The van der Waals surface area contributed by atoms with Gasteiger partial charge in [-0.15, -0.1) is 0 Å². The van der Waals surface area contributed by atoms with Crippen molar-refractivity contribution < 1.29 is 34.3 Å². The summed E-state index contributed by atoms with van der Waals surface area (Å²) in [6.07, 6.45) is 61.9. The van der Waals surface area contributed by atoms with Crippen molar-refractivity contribution in [3.8, 4) is 0 Å². The second-order valence-corrected chi connectivity index (χ2v) is 21.0. The molecule has 2 unspecified atom stereocenters. The first-order valence-electron chi connectivity index (χ1n) is 27.5. The topological polar surface area (TPSA) is 133 Å². The minimum atomic E-state index is -4.61. The van der Waals surface area contributed by atoms with Gasteiger partial charge >= 0.3 is 37.7 Å². The van der Waals surface area contributed by atoms with Crippen LogP contribution in [0.3, 0.4) is 0 Å². The Kier molecular flexibility index (Phi) is 59.4. The van der Waals surface area contributed by atoms with Gasteiger partial charge in [-0.3, -0.25) is 8.37 Å². The maximum Gasteiger partial charge on any atom is 2.00 e. The van der Waals surface area contributed by atoms with E-state index in [1.807, 2.05) is 0 Å². The van der Waals surface area contributed by atoms with E-state index in [1.54, 1.807) is 0 Å². The summed E-state index contributed by atoms with van der Waals surface area (Å²) in [7, 11) is -9.21. The van der Waals surface area contributed by atoms with Crippen LogP contribution in [0.5, 0.6) is 0 Å². The zero-order chi connectivity index (χ0) is 47.5. The van der Waals surface area contributed by atoms with Crippen molar-refractivity contribution in [2.45, 2.75) is 297 Å². The van der Waals surface area contributed by atoms with Crippen molar-refractivity contribution in [3.05, 3.63) is 24.3 Å². The average molecular weight is 988 g/mol. The van der Waals surface area contributed by atoms with Crippen molar-refractivity contribution in [3.63, 3.8) is 0 Å². The van der Waals surface area contributed by atoms with Crippen molar-refractivity contribution >= 4 is 58.5 Å². The molecule has 0 radical (unpaired) electrons. The average Bonchev–Trinajstić information content (AvgIpc) is 3.26. The van der Waals surface area contributed by atoms with Crippen LogP contribution in [-0.4, -0.2) is 76.9 Å². The van der Waals surface area contributed by atoms with Crippen molar-refractivity contribution in [1.82, 2.24) is 0 Å². The second-order valence-electron chi connectivity index (χ2n) is 18.9. The molecule has 0 N–H and O–H groups in total. The molecule has 8 nitrogen and oxygen atoms in total. The van der Waals surface area contributed by atoms with Gasteiger partial charge in [0.25, 0.3) is 0 Å². The van der Waals surface area contributed by atoms with Gasteiger partial charge in [-0.25, -0.2) is 16.8 Å². The predicted octanol–water partition coefficient (Wildman–Crippen LogP) is 17.4. The van der Waals surface area contributed by atoms with Crippen LogP contribution in [0.4, 0.5) is 0 Å². The molecule has 0 aliphatic rings. The van der Waals surface area contributed by atoms with Gasteiger partial charge in [0.2, 0.25) is 20.8 Å². The number of rotatable bonds is 50. The van der Waals surface area contributed by atoms with E-state index in [9.17, 15) is 25.9 Å².